The smallest absolute Gasteiger partial charge is 0.0208 e. The Kier molecular flexibility index (Phi) is 5.37. The van der Waals surface area contributed by atoms with Gasteiger partial charge in [0.25, 0.3) is 0 Å². The number of rotatable bonds is 6. The van der Waals surface area contributed by atoms with Crippen molar-refractivity contribution in [3.8, 4) is 0 Å². The van der Waals surface area contributed by atoms with Crippen molar-refractivity contribution in [2.24, 2.45) is 0 Å². The van der Waals surface area contributed by atoms with E-state index < -0.39 is 0 Å². The summed E-state index contributed by atoms with van der Waals surface area (Å²) in [5, 5.41) is 3.52. The lowest BCUT2D eigenvalue weighted by atomic mass is 10.2. The van der Waals surface area contributed by atoms with Crippen molar-refractivity contribution in [3.63, 3.8) is 0 Å². The minimum Gasteiger partial charge on any atom is -0.309 e. The van der Waals surface area contributed by atoms with Gasteiger partial charge < -0.3 is 10.2 Å². The second-order valence-corrected chi connectivity index (χ2v) is 4.12. The molecule has 0 fully saturated rings. The molecule has 1 rings (SSSR count). The topological polar surface area (TPSA) is 15.3 Å². The highest BCUT2D eigenvalue weighted by Crippen LogP contribution is 1.98. The average Bonchev–Trinajstić information content (AvgIpc) is 2.27. The molecule has 0 aromatic heterocycles. The summed E-state index contributed by atoms with van der Waals surface area (Å²) in [5.41, 5.74) is 1.35. The summed E-state index contributed by atoms with van der Waals surface area (Å²) in [5.74, 6) is 0. The number of nitrogens with one attached hydrogen (secondary N) is 1. The van der Waals surface area contributed by atoms with Crippen LogP contribution in [-0.4, -0.2) is 31.1 Å². The molecule has 15 heavy (non-hydrogen) atoms. The third-order valence-corrected chi connectivity index (χ3v) is 2.62. The Bertz CT molecular complexity index is 258. The van der Waals surface area contributed by atoms with Gasteiger partial charge in [0, 0.05) is 19.1 Å². The minimum atomic E-state index is 0.537. The van der Waals surface area contributed by atoms with Crippen LogP contribution in [-0.2, 0) is 6.54 Å². The van der Waals surface area contributed by atoms with Gasteiger partial charge in [-0.3, -0.25) is 0 Å². The van der Waals surface area contributed by atoms with E-state index in [0.29, 0.717) is 6.04 Å². The third kappa shape index (κ3) is 4.96. The first-order valence-corrected chi connectivity index (χ1v) is 5.68. The van der Waals surface area contributed by atoms with Crippen LogP contribution < -0.4 is 5.32 Å². The fourth-order valence-corrected chi connectivity index (χ4v) is 1.55. The first kappa shape index (κ1) is 12.2. The first-order valence-electron chi connectivity index (χ1n) is 5.68. The van der Waals surface area contributed by atoms with E-state index in [0.717, 1.165) is 19.6 Å². The van der Waals surface area contributed by atoms with Crippen LogP contribution >= 0.6 is 0 Å². The summed E-state index contributed by atoms with van der Waals surface area (Å²) in [4.78, 5) is 2.32. The van der Waals surface area contributed by atoms with Crippen molar-refractivity contribution in [2.75, 3.05) is 20.1 Å². The van der Waals surface area contributed by atoms with Crippen LogP contribution in [0, 0.1) is 0 Å². The Morgan fingerprint density at radius 2 is 1.93 bits per heavy atom. The molecule has 0 aliphatic heterocycles. The van der Waals surface area contributed by atoms with Crippen LogP contribution in [0.2, 0.25) is 0 Å². The van der Waals surface area contributed by atoms with Gasteiger partial charge in [-0.1, -0.05) is 37.3 Å². The van der Waals surface area contributed by atoms with Gasteiger partial charge in [-0.2, -0.15) is 0 Å². The average molecular weight is 206 g/mol. The molecule has 1 unspecified atom stereocenters. The molecule has 0 spiro atoms. The highest BCUT2D eigenvalue weighted by molar-refractivity contribution is 5.14. The maximum absolute atomic E-state index is 3.52. The molecule has 0 aliphatic rings. The molecule has 0 bridgehead atoms. The van der Waals surface area contributed by atoms with E-state index in [4.69, 9.17) is 0 Å². The Balaban J connectivity index is 2.25. The van der Waals surface area contributed by atoms with Crippen LogP contribution in [0.15, 0.2) is 30.3 Å². The molecule has 0 amide bonds. The number of hydrogen-bond donors (Lipinski definition) is 1. The van der Waals surface area contributed by atoms with Gasteiger partial charge in [0.1, 0.15) is 0 Å². The van der Waals surface area contributed by atoms with Crippen LogP contribution in [0.5, 0.6) is 0 Å². The first-order chi connectivity index (χ1) is 7.22. The van der Waals surface area contributed by atoms with E-state index in [1.165, 1.54) is 5.56 Å². The SMILES string of the molecule is CCN(C)CC(C)NCc1ccccc1. The maximum atomic E-state index is 3.52. The van der Waals surface area contributed by atoms with Crippen LogP contribution in [0.4, 0.5) is 0 Å². The molecular weight excluding hydrogens is 184 g/mol. The van der Waals surface area contributed by atoms with Gasteiger partial charge in [-0.05, 0) is 26.1 Å². The molecule has 1 atom stereocenters. The third-order valence-electron chi connectivity index (χ3n) is 2.62. The van der Waals surface area contributed by atoms with Gasteiger partial charge >= 0.3 is 0 Å². The number of likely N-dealkylation sites (N-methyl/N-ethyl adjacent to an activating group) is 1. The molecule has 0 heterocycles. The Hall–Kier alpha value is -0.860. The zero-order valence-electron chi connectivity index (χ0n) is 10.0. The van der Waals surface area contributed by atoms with Crippen LogP contribution in [0.25, 0.3) is 0 Å². The highest BCUT2D eigenvalue weighted by atomic mass is 15.1. The lowest BCUT2D eigenvalue weighted by molar-refractivity contribution is 0.309. The molecule has 1 aromatic carbocycles. The number of nitrogens with zero attached hydrogens (tertiary/aromatic N) is 1. The van der Waals surface area contributed by atoms with Crippen molar-refractivity contribution in [3.05, 3.63) is 35.9 Å². The fourth-order valence-electron chi connectivity index (χ4n) is 1.55. The van der Waals surface area contributed by atoms with E-state index in [1.54, 1.807) is 0 Å². The van der Waals surface area contributed by atoms with E-state index in [1.807, 2.05) is 0 Å². The maximum Gasteiger partial charge on any atom is 0.0208 e. The molecule has 0 saturated heterocycles. The molecule has 84 valence electrons. The molecule has 1 N–H and O–H groups in total. The van der Waals surface area contributed by atoms with E-state index in [-0.39, 0.29) is 0 Å². The van der Waals surface area contributed by atoms with Gasteiger partial charge in [-0.15, -0.1) is 0 Å². The summed E-state index contributed by atoms with van der Waals surface area (Å²) < 4.78 is 0. The Morgan fingerprint density at radius 1 is 1.27 bits per heavy atom. The molecule has 2 heteroatoms. The van der Waals surface area contributed by atoms with Crippen molar-refractivity contribution < 1.29 is 0 Å². The van der Waals surface area contributed by atoms with Gasteiger partial charge in [0.15, 0.2) is 0 Å². The quantitative estimate of drug-likeness (QED) is 0.767. The zero-order valence-corrected chi connectivity index (χ0v) is 10.0. The normalized spacial score (nSPS) is 13.1. The van der Waals surface area contributed by atoms with Crippen molar-refractivity contribution in [2.45, 2.75) is 26.4 Å². The van der Waals surface area contributed by atoms with Gasteiger partial charge in [0.05, 0.1) is 0 Å². The number of hydrogen-bond acceptors (Lipinski definition) is 2. The molecule has 0 saturated carbocycles. The molecule has 0 radical (unpaired) electrons. The van der Waals surface area contributed by atoms with Gasteiger partial charge in [-0.25, -0.2) is 0 Å². The predicted octanol–water partition coefficient (Wildman–Crippen LogP) is 2.12. The Labute approximate surface area is 93.3 Å². The van der Waals surface area contributed by atoms with E-state index in [2.05, 4.69) is 61.4 Å². The van der Waals surface area contributed by atoms with Crippen molar-refractivity contribution in [1.29, 1.82) is 0 Å². The van der Waals surface area contributed by atoms with E-state index in [9.17, 15) is 0 Å². The standard InChI is InChI=1S/C13H22N2/c1-4-15(3)11-12(2)14-10-13-8-6-5-7-9-13/h5-9,12,14H,4,10-11H2,1-3H3. The zero-order chi connectivity index (χ0) is 11.1. The lowest BCUT2D eigenvalue weighted by Gasteiger charge is -2.20. The highest BCUT2D eigenvalue weighted by Gasteiger charge is 2.03. The second-order valence-electron chi connectivity index (χ2n) is 4.12. The second kappa shape index (κ2) is 6.59. The summed E-state index contributed by atoms with van der Waals surface area (Å²) in [6.07, 6.45) is 0. The lowest BCUT2D eigenvalue weighted by Crippen LogP contribution is -2.36. The van der Waals surface area contributed by atoms with Crippen molar-refractivity contribution >= 4 is 0 Å². The van der Waals surface area contributed by atoms with Gasteiger partial charge in [0.2, 0.25) is 0 Å². The fraction of sp³-hybridized carbons (Fsp3) is 0.538. The Morgan fingerprint density at radius 3 is 2.53 bits per heavy atom. The summed E-state index contributed by atoms with van der Waals surface area (Å²) in [7, 11) is 2.15. The number of benzene rings is 1. The molecular formula is C13H22N2. The molecule has 1 aromatic rings. The largest absolute Gasteiger partial charge is 0.309 e. The monoisotopic (exact) mass is 206 g/mol. The van der Waals surface area contributed by atoms with E-state index >= 15 is 0 Å². The molecule has 2 nitrogen and oxygen atoms in total. The summed E-state index contributed by atoms with van der Waals surface area (Å²) in [6, 6.07) is 11.1. The van der Waals surface area contributed by atoms with Crippen LogP contribution in [0.1, 0.15) is 19.4 Å². The summed E-state index contributed by atoms with van der Waals surface area (Å²) >= 11 is 0. The predicted molar refractivity (Wildman–Crippen MR) is 65.9 cm³/mol. The summed E-state index contributed by atoms with van der Waals surface area (Å²) in [6.45, 7) is 7.58. The molecule has 0 aliphatic carbocycles. The minimum absolute atomic E-state index is 0.537. The van der Waals surface area contributed by atoms with Crippen molar-refractivity contribution in [1.82, 2.24) is 10.2 Å². The van der Waals surface area contributed by atoms with Crippen LogP contribution in [0.3, 0.4) is 0 Å².